The smallest absolute Gasteiger partial charge is 0.243 e. The fraction of sp³-hybridized carbons (Fsp3) is 0.333. The average molecular weight is 489 g/mol. The minimum atomic E-state index is -0.586. The molecule has 3 rings (SSSR count). The third kappa shape index (κ3) is 8.59. The van der Waals surface area contributed by atoms with Crippen LogP contribution < -0.4 is 5.32 Å². The van der Waals surface area contributed by atoms with Crippen LogP contribution in [0.1, 0.15) is 42.5 Å². The fourth-order valence-electron chi connectivity index (χ4n) is 3.92. The molecule has 0 fully saturated rings. The minimum absolute atomic E-state index is 0.0207. The van der Waals surface area contributed by atoms with Crippen molar-refractivity contribution in [3.05, 3.63) is 107 Å². The van der Waals surface area contributed by atoms with Gasteiger partial charge in [-0.3, -0.25) is 9.59 Å². The van der Waals surface area contributed by atoms with E-state index in [2.05, 4.69) is 23.5 Å². The molecule has 0 aliphatic heterocycles. The van der Waals surface area contributed by atoms with Crippen LogP contribution in [0.2, 0.25) is 0 Å². The van der Waals surface area contributed by atoms with E-state index >= 15 is 0 Å². The second-order valence-electron chi connectivity index (χ2n) is 9.01. The Morgan fingerprint density at radius 3 is 2.14 bits per heavy atom. The number of nitrogens with one attached hydrogen (secondary N) is 1. The maximum atomic E-state index is 13.6. The summed E-state index contributed by atoms with van der Waals surface area (Å²) in [4.78, 5) is 28.9. The van der Waals surface area contributed by atoms with E-state index in [1.807, 2.05) is 87.5 Å². The van der Waals surface area contributed by atoms with Gasteiger partial charge in [0.25, 0.3) is 0 Å². The van der Waals surface area contributed by atoms with Crippen molar-refractivity contribution in [1.82, 2.24) is 10.2 Å². The maximum Gasteiger partial charge on any atom is 0.243 e. The molecule has 0 unspecified atom stereocenters. The van der Waals surface area contributed by atoms with Gasteiger partial charge in [-0.1, -0.05) is 97.4 Å². The van der Waals surface area contributed by atoms with Gasteiger partial charge in [0, 0.05) is 24.8 Å². The molecular formula is C30H36N2O2S. The van der Waals surface area contributed by atoms with Crippen LogP contribution in [0.4, 0.5) is 0 Å². The van der Waals surface area contributed by atoms with Gasteiger partial charge in [0.15, 0.2) is 0 Å². The van der Waals surface area contributed by atoms with Crippen LogP contribution in [0.5, 0.6) is 0 Å². The first-order valence-electron chi connectivity index (χ1n) is 12.3. The summed E-state index contributed by atoms with van der Waals surface area (Å²) in [6.45, 7) is 6.49. The van der Waals surface area contributed by atoms with Crippen molar-refractivity contribution in [3.8, 4) is 0 Å². The first kappa shape index (κ1) is 26.6. The van der Waals surface area contributed by atoms with Crippen LogP contribution in [-0.4, -0.2) is 34.6 Å². The van der Waals surface area contributed by atoms with Crippen molar-refractivity contribution in [2.75, 3.05) is 5.75 Å². The molecule has 1 N–H and O–H groups in total. The summed E-state index contributed by atoms with van der Waals surface area (Å²) < 4.78 is 0. The number of hydrogen-bond donors (Lipinski definition) is 1. The topological polar surface area (TPSA) is 49.4 Å². The fourth-order valence-corrected chi connectivity index (χ4v) is 4.79. The molecule has 5 heteroatoms. The number of carbonyl (C=O) groups is 2. The lowest BCUT2D eigenvalue weighted by Gasteiger charge is -2.32. The van der Waals surface area contributed by atoms with E-state index in [0.29, 0.717) is 18.7 Å². The van der Waals surface area contributed by atoms with Gasteiger partial charge in [0.1, 0.15) is 6.04 Å². The summed E-state index contributed by atoms with van der Waals surface area (Å²) >= 11 is 1.59. The SMILES string of the molecule is CC[C@H](C)NC(=O)[C@@H](Cc1ccccc1)N(Cc1cccc(C)c1)C(=O)CSCc1ccccc1. The monoisotopic (exact) mass is 488 g/mol. The van der Waals surface area contributed by atoms with Gasteiger partial charge in [-0.25, -0.2) is 0 Å². The van der Waals surface area contributed by atoms with E-state index in [1.165, 1.54) is 5.56 Å². The maximum absolute atomic E-state index is 13.6. The molecule has 0 aliphatic carbocycles. The van der Waals surface area contributed by atoms with Crippen molar-refractivity contribution in [1.29, 1.82) is 0 Å². The number of benzene rings is 3. The van der Waals surface area contributed by atoms with Crippen LogP contribution in [0.15, 0.2) is 84.9 Å². The largest absolute Gasteiger partial charge is 0.352 e. The number of thioether (sulfide) groups is 1. The summed E-state index contributed by atoms with van der Waals surface area (Å²) in [5.41, 5.74) is 4.39. The zero-order valence-electron chi connectivity index (χ0n) is 20.9. The second kappa shape index (κ2) is 13.7. The van der Waals surface area contributed by atoms with Gasteiger partial charge in [-0.05, 0) is 37.0 Å². The Morgan fingerprint density at radius 2 is 1.51 bits per heavy atom. The lowest BCUT2D eigenvalue weighted by Crippen LogP contribution is -2.52. The van der Waals surface area contributed by atoms with E-state index < -0.39 is 6.04 Å². The van der Waals surface area contributed by atoms with Gasteiger partial charge in [0.05, 0.1) is 5.75 Å². The van der Waals surface area contributed by atoms with Crippen molar-refractivity contribution in [2.45, 2.75) is 58.0 Å². The van der Waals surface area contributed by atoms with Crippen LogP contribution in [-0.2, 0) is 28.3 Å². The van der Waals surface area contributed by atoms with Crippen molar-refractivity contribution >= 4 is 23.6 Å². The lowest BCUT2D eigenvalue weighted by atomic mass is 10.0. The highest BCUT2D eigenvalue weighted by Crippen LogP contribution is 2.19. The molecule has 4 nitrogen and oxygen atoms in total. The van der Waals surface area contributed by atoms with Gasteiger partial charge >= 0.3 is 0 Å². The highest BCUT2D eigenvalue weighted by atomic mass is 32.2. The van der Waals surface area contributed by atoms with Crippen molar-refractivity contribution in [3.63, 3.8) is 0 Å². The summed E-state index contributed by atoms with van der Waals surface area (Å²) in [7, 11) is 0. The number of amides is 2. The summed E-state index contributed by atoms with van der Waals surface area (Å²) in [6, 6.07) is 27.7. The van der Waals surface area contributed by atoms with Gasteiger partial charge in [-0.2, -0.15) is 0 Å². The molecule has 0 spiro atoms. The molecule has 3 aromatic carbocycles. The van der Waals surface area contributed by atoms with E-state index in [-0.39, 0.29) is 17.9 Å². The number of carbonyl (C=O) groups excluding carboxylic acids is 2. The number of rotatable bonds is 12. The molecular weight excluding hydrogens is 452 g/mol. The number of aryl methyl sites for hydroxylation is 1. The third-order valence-corrected chi connectivity index (χ3v) is 7.03. The van der Waals surface area contributed by atoms with E-state index in [4.69, 9.17) is 0 Å². The Kier molecular flexibility index (Phi) is 10.4. The zero-order chi connectivity index (χ0) is 25.0. The van der Waals surface area contributed by atoms with Crippen molar-refractivity contribution in [2.24, 2.45) is 0 Å². The summed E-state index contributed by atoms with van der Waals surface area (Å²) in [5.74, 6) is 0.959. The molecule has 0 saturated carbocycles. The molecule has 0 bridgehead atoms. The van der Waals surface area contributed by atoms with E-state index in [9.17, 15) is 9.59 Å². The Balaban J connectivity index is 1.86. The van der Waals surface area contributed by atoms with E-state index in [0.717, 1.165) is 28.9 Å². The van der Waals surface area contributed by atoms with Crippen LogP contribution in [0.25, 0.3) is 0 Å². The molecule has 0 radical (unpaired) electrons. The summed E-state index contributed by atoms with van der Waals surface area (Å²) in [5, 5.41) is 3.12. The molecule has 0 heterocycles. The Hall–Kier alpha value is -3.05. The second-order valence-corrected chi connectivity index (χ2v) is 10.00. The predicted octanol–water partition coefficient (Wildman–Crippen LogP) is 5.78. The normalized spacial score (nSPS) is 12.5. The van der Waals surface area contributed by atoms with Crippen LogP contribution >= 0.6 is 11.8 Å². The van der Waals surface area contributed by atoms with E-state index in [1.54, 1.807) is 16.7 Å². The number of nitrogens with zero attached hydrogens (tertiary/aromatic N) is 1. The third-order valence-electron chi connectivity index (χ3n) is 6.04. The molecule has 2 atom stereocenters. The minimum Gasteiger partial charge on any atom is -0.352 e. The van der Waals surface area contributed by atoms with Crippen LogP contribution in [0, 0.1) is 6.92 Å². The molecule has 184 valence electrons. The van der Waals surface area contributed by atoms with Gasteiger partial charge in [0.2, 0.25) is 11.8 Å². The first-order chi connectivity index (χ1) is 17.0. The molecule has 0 saturated heterocycles. The molecule has 0 aliphatic rings. The van der Waals surface area contributed by atoms with Crippen LogP contribution in [0.3, 0.4) is 0 Å². The Bertz CT molecular complexity index is 1070. The van der Waals surface area contributed by atoms with Gasteiger partial charge < -0.3 is 10.2 Å². The highest BCUT2D eigenvalue weighted by Gasteiger charge is 2.30. The quantitative estimate of drug-likeness (QED) is 0.351. The Labute approximate surface area is 214 Å². The average Bonchev–Trinajstić information content (AvgIpc) is 2.87. The van der Waals surface area contributed by atoms with Crippen molar-refractivity contribution < 1.29 is 9.59 Å². The first-order valence-corrected chi connectivity index (χ1v) is 13.4. The molecule has 0 aromatic heterocycles. The standard InChI is InChI=1S/C30H36N2O2S/c1-4-24(3)31-30(34)28(19-25-13-7-5-8-14-25)32(20-27-17-11-12-23(2)18-27)29(33)22-35-21-26-15-9-6-10-16-26/h5-18,24,28H,4,19-22H2,1-3H3,(H,31,34)/t24-,28+/m0/s1. The predicted molar refractivity (Wildman–Crippen MR) is 146 cm³/mol. The molecule has 2 amide bonds. The molecule has 35 heavy (non-hydrogen) atoms. The zero-order valence-corrected chi connectivity index (χ0v) is 21.8. The highest BCUT2D eigenvalue weighted by molar-refractivity contribution is 7.99. The lowest BCUT2D eigenvalue weighted by molar-refractivity contribution is -0.139. The van der Waals surface area contributed by atoms with Gasteiger partial charge in [-0.15, -0.1) is 11.8 Å². The number of hydrogen-bond acceptors (Lipinski definition) is 3. The Morgan fingerprint density at radius 1 is 0.886 bits per heavy atom. The molecule has 3 aromatic rings. The summed E-state index contributed by atoms with van der Waals surface area (Å²) in [6.07, 6.45) is 1.31.